The van der Waals surface area contributed by atoms with Crippen LogP contribution in [0.2, 0.25) is 0 Å². The van der Waals surface area contributed by atoms with E-state index < -0.39 is 0 Å². The molecule has 1 atom stereocenters. The maximum Gasteiger partial charge on any atom is 0.191 e. The summed E-state index contributed by atoms with van der Waals surface area (Å²) < 4.78 is 1.95. The van der Waals surface area contributed by atoms with Gasteiger partial charge in [-0.15, -0.1) is 24.0 Å². The average molecular weight is 483 g/mol. The van der Waals surface area contributed by atoms with E-state index in [1.807, 2.05) is 18.8 Å². The SMILES string of the molecule is CN=C(NCCc1ccc(C)cc1C)NC(C)Cc1c(C)nn(C)c1C.I. The molecule has 0 bridgehead atoms. The fourth-order valence-electron chi connectivity index (χ4n) is 3.34. The van der Waals surface area contributed by atoms with Crippen LogP contribution in [0.3, 0.4) is 0 Å². The minimum absolute atomic E-state index is 0. The van der Waals surface area contributed by atoms with Gasteiger partial charge < -0.3 is 10.6 Å². The van der Waals surface area contributed by atoms with Crippen molar-refractivity contribution in [2.24, 2.45) is 12.0 Å². The Labute approximate surface area is 181 Å². The molecule has 1 unspecified atom stereocenters. The van der Waals surface area contributed by atoms with Gasteiger partial charge >= 0.3 is 0 Å². The first kappa shape index (κ1) is 23.5. The fraction of sp³-hybridized carbons (Fsp3) is 0.524. The zero-order valence-corrected chi connectivity index (χ0v) is 20.0. The number of benzene rings is 1. The van der Waals surface area contributed by atoms with E-state index in [1.165, 1.54) is 27.9 Å². The fourth-order valence-corrected chi connectivity index (χ4v) is 3.34. The lowest BCUT2D eigenvalue weighted by atomic mass is 10.0. The zero-order valence-electron chi connectivity index (χ0n) is 17.7. The summed E-state index contributed by atoms with van der Waals surface area (Å²) in [4.78, 5) is 4.36. The van der Waals surface area contributed by atoms with Crippen molar-refractivity contribution < 1.29 is 0 Å². The predicted octanol–water partition coefficient (Wildman–Crippen LogP) is 3.61. The van der Waals surface area contributed by atoms with E-state index in [4.69, 9.17) is 0 Å². The van der Waals surface area contributed by atoms with E-state index in [2.05, 4.69) is 73.5 Å². The molecule has 0 aliphatic heterocycles. The van der Waals surface area contributed by atoms with Crippen LogP contribution >= 0.6 is 24.0 Å². The van der Waals surface area contributed by atoms with Crippen molar-refractivity contribution in [1.29, 1.82) is 0 Å². The highest BCUT2D eigenvalue weighted by atomic mass is 127. The molecular weight excluding hydrogens is 449 g/mol. The Morgan fingerprint density at radius 1 is 1.22 bits per heavy atom. The van der Waals surface area contributed by atoms with Crippen molar-refractivity contribution in [3.05, 3.63) is 51.8 Å². The molecule has 0 saturated carbocycles. The Bertz CT molecular complexity index is 779. The zero-order chi connectivity index (χ0) is 19.3. The number of nitrogens with zero attached hydrogens (tertiary/aromatic N) is 3. The van der Waals surface area contributed by atoms with E-state index in [0.29, 0.717) is 0 Å². The molecule has 0 saturated heterocycles. The lowest BCUT2D eigenvalue weighted by molar-refractivity contribution is 0.635. The Morgan fingerprint density at radius 2 is 1.93 bits per heavy atom. The normalized spacial score (nSPS) is 12.5. The number of aliphatic imine (C=N–C) groups is 1. The molecule has 1 aromatic carbocycles. The van der Waals surface area contributed by atoms with Crippen molar-refractivity contribution in [3.8, 4) is 0 Å². The molecule has 0 aliphatic carbocycles. The van der Waals surface area contributed by atoms with Crippen LogP contribution in [0, 0.1) is 27.7 Å². The third-order valence-electron chi connectivity index (χ3n) is 4.96. The number of nitrogens with one attached hydrogen (secondary N) is 2. The predicted molar refractivity (Wildman–Crippen MR) is 125 cm³/mol. The summed E-state index contributed by atoms with van der Waals surface area (Å²) in [5, 5.41) is 11.4. The smallest absolute Gasteiger partial charge is 0.191 e. The molecule has 0 radical (unpaired) electrons. The largest absolute Gasteiger partial charge is 0.356 e. The first-order chi connectivity index (χ1) is 12.3. The van der Waals surface area contributed by atoms with E-state index in [9.17, 15) is 0 Å². The first-order valence-corrected chi connectivity index (χ1v) is 9.34. The highest BCUT2D eigenvalue weighted by Crippen LogP contribution is 2.14. The Hall–Kier alpha value is -1.57. The Kier molecular flexibility index (Phi) is 9.29. The lowest BCUT2D eigenvalue weighted by Crippen LogP contribution is -2.43. The summed E-state index contributed by atoms with van der Waals surface area (Å²) in [6, 6.07) is 6.92. The summed E-state index contributed by atoms with van der Waals surface area (Å²) in [5.74, 6) is 0.849. The second-order valence-corrected chi connectivity index (χ2v) is 7.20. The van der Waals surface area contributed by atoms with Gasteiger partial charge in [-0.2, -0.15) is 5.10 Å². The molecule has 0 aliphatic rings. The topological polar surface area (TPSA) is 54.2 Å². The van der Waals surface area contributed by atoms with Crippen LogP contribution in [-0.4, -0.2) is 35.4 Å². The van der Waals surface area contributed by atoms with Gasteiger partial charge in [0, 0.05) is 32.4 Å². The summed E-state index contributed by atoms with van der Waals surface area (Å²) in [6.45, 7) is 11.6. The van der Waals surface area contributed by atoms with Crippen LogP contribution < -0.4 is 10.6 Å². The second kappa shape index (κ2) is 10.7. The summed E-state index contributed by atoms with van der Waals surface area (Å²) >= 11 is 0. The molecule has 2 N–H and O–H groups in total. The van der Waals surface area contributed by atoms with Crippen LogP contribution in [0.4, 0.5) is 0 Å². The van der Waals surface area contributed by atoms with Gasteiger partial charge in [-0.1, -0.05) is 23.8 Å². The van der Waals surface area contributed by atoms with Gasteiger partial charge in [-0.05, 0) is 64.2 Å². The first-order valence-electron chi connectivity index (χ1n) is 9.34. The van der Waals surface area contributed by atoms with Crippen molar-refractivity contribution in [1.82, 2.24) is 20.4 Å². The molecule has 1 heterocycles. The van der Waals surface area contributed by atoms with E-state index >= 15 is 0 Å². The van der Waals surface area contributed by atoms with Gasteiger partial charge in [0.1, 0.15) is 0 Å². The van der Waals surface area contributed by atoms with E-state index in [0.717, 1.165) is 31.0 Å². The van der Waals surface area contributed by atoms with Gasteiger partial charge in [0.2, 0.25) is 0 Å². The molecule has 0 amide bonds. The van der Waals surface area contributed by atoms with Gasteiger partial charge in [-0.3, -0.25) is 9.67 Å². The van der Waals surface area contributed by atoms with Crippen LogP contribution in [0.1, 0.15) is 40.6 Å². The maximum atomic E-state index is 4.50. The summed E-state index contributed by atoms with van der Waals surface area (Å²) in [5.41, 5.74) is 7.70. The van der Waals surface area contributed by atoms with Crippen LogP contribution in [0.5, 0.6) is 0 Å². The number of halogens is 1. The van der Waals surface area contributed by atoms with Gasteiger partial charge in [-0.25, -0.2) is 0 Å². The van der Waals surface area contributed by atoms with E-state index in [1.54, 1.807) is 0 Å². The number of hydrogen-bond acceptors (Lipinski definition) is 2. The second-order valence-electron chi connectivity index (χ2n) is 7.20. The quantitative estimate of drug-likeness (QED) is 0.375. The Morgan fingerprint density at radius 3 is 2.48 bits per heavy atom. The minimum Gasteiger partial charge on any atom is -0.356 e. The molecular formula is C21H34IN5. The third kappa shape index (κ3) is 6.52. The van der Waals surface area contributed by atoms with Crippen molar-refractivity contribution in [2.75, 3.05) is 13.6 Å². The third-order valence-corrected chi connectivity index (χ3v) is 4.96. The van der Waals surface area contributed by atoms with Gasteiger partial charge in [0.15, 0.2) is 5.96 Å². The Balaban J connectivity index is 0.00000364. The van der Waals surface area contributed by atoms with Crippen molar-refractivity contribution in [2.45, 2.75) is 53.5 Å². The molecule has 0 spiro atoms. The van der Waals surface area contributed by atoms with Crippen LogP contribution in [0.15, 0.2) is 23.2 Å². The molecule has 2 aromatic rings. The number of aryl methyl sites for hydroxylation is 4. The minimum atomic E-state index is 0. The average Bonchev–Trinajstić information content (AvgIpc) is 2.82. The number of rotatable bonds is 6. The van der Waals surface area contributed by atoms with Crippen molar-refractivity contribution >= 4 is 29.9 Å². The standard InChI is InChI=1S/C21H33N5.HI/c1-14-8-9-19(15(2)12-14)10-11-23-21(22-6)24-16(3)13-20-17(4)25-26(7)18(20)5;/h8-9,12,16H,10-11,13H2,1-7H3,(H2,22,23,24);1H. The van der Waals surface area contributed by atoms with Crippen LogP contribution in [-0.2, 0) is 19.9 Å². The summed E-state index contributed by atoms with van der Waals surface area (Å²) in [6.07, 6.45) is 1.92. The molecule has 2 rings (SSSR count). The molecule has 150 valence electrons. The summed E-state index contributed by atoms with van der Waals surface area (Å²) in [7, 11) is 3.82. The van der Waals surface area contributed by atoms with Crippen molar-refractivity contribution in [3.63, 3.8) is 0 Å². The lowest BCUT2D eigenvalue weighted by Gasteiger charge is -2.18. The molecule has 27 heavy (non-hydrogen) atoms. The molecule has 5 nitrogen and oxygen atoms in total. The number of guanidine groups is 1. The number of aromatic nitrogens is 2. The number of hydrogen-bond donors (Lipinski definition) is 2. The molecule has 6 heteroatoms. The van der Waals surface area contributed by atoms with Crippen LogP contribution in [0.25, 0.3) is 0 Å². The van der Waals surface area contributed by atoms with Gasteiger partial charge in [0.25, 0.3) is 0 Å². The van der Waals surface area contributed by atoms with E-state index in [-0.39, 0.29) is 30.0 Å². The van der Waals surface area contributed by atoms with Gasteiger partial charge in [0.05, 0.1) is 5.69 Å². The molecule has 0 fully saturated rings. The highest BCUT2D eigenvalue weighted by molar-refractivity contribution is 14.0. The maximum absolute atomic E-state index is 4.50. The molecule has 1 aromatic heterocycles. The monoisotopic (exact) mass is 483 g/mol. The highest BCUT2D eigenvalue weighted by Gasteiger charge is 2.14.